The molecule has 0 aliphatic carbocycles. The van der Waals surface area contributed by atoms with Gasteiger partial charge in [0.25, 0.3) is 0 Å². The van der Waals surface area contributed by atoms with Crippen molar-refractivity contribution in [3.05, 3.63) is 90.6 Å². The number of primary sulfonamides is 1. The lowest BCUT2D eigenvalue weighted by atomic mass is 9.98. The number of hydrogen-bond donors (Lipinski definition) is 1. The Bertz CT molecular complexity index is 1320. The number of hydrogen-bond acceptors (Lipinski definition) is 3. The first-order valence-electron chi connectivity index (χ1n) is 9.10. The molecule has 3 aromatic carbocycles. The summed E-state index contributed by atoms with van der Waals surface area (Å²) in [6.45, 7) is 0. The van der Waals surface area contributed by atoms with Gasteiger partial charge in [-0.2, -0.15) is 18.3 Å². The Labute approximate surface area is 176 Å². The van der Waals surface area contributed by atoms with Crippen LogP contribution < -0.4 is 5.14 Å². The molecule has 0 atom stereocenters. The predicted octanol–water partition coefficient (Wildman–Crippen LogP) is 4.87. The number of aromatic nitrogens is 2. The quantitative estimate of drug-likeness (QED) is 0.489. The van der Waals surface area contributed by atoms with Gasteiger partial charge in [0.1, 0.15) is 0 Å². The lowest BCUT2D eigenvalue weighted by Gasteiger charge is -2.11. The van der Waals surface area contributed by atoms with Crippen molar-refractivity contribution in [2.75, 3.05) is 0 Å². The Balaban J connectivity index is 2.05. The van der Waals surface area contributed by atoms with Gasteiger partial charge in [-0.15, -0.1) is 0 Å². The van der Waals surface area contributed by atoms with Crippen LogP contribution in [0.5, 0.6) is 0 Å². The van der Waals surface area contributed by atoms with E-state index in [1.807, 2.05) is 0 Å². The Morgan fingerprint density at radius 1 is 0.774 bits per heavy atom. The van der Waals surface area contributed by atoms with Gasteiger partial charge in [0, 0.05) is 11.1 Å². The average molecular weight is 443 g/mol. The molecule has 0 bridgehead atoms. The molecule has 0 aliphatic heterocycles. The van der Waals surface area contributed by atoms with Crippen LogP contribution in [0.15, 0.2) is 89.8 Å². The van der Waals surface area contributed by atoms with Crippen molar-refractivity contribution in [2.45, 2.75) is 11.1 Å². The van der Waals surface area contributed by atoms with Crippen molar-refractivity contribution >= 4 is 10.0 Å². The topological polar surface area (TPSA) is 78.0 Å². The Morgan fingerprint density at radius 3 is 1.77 bits per heavy atom. The normalized spacial score (nSPS) is 12.1. The third-order valence-electron chi connectivity index (χ3n) is 4.67. The largest absolute Gasteiger partial charge is 0.435 e. The van der Waals surface area contributed by atoms with E-state index in [0.717, 1.165) is 0 Å². The summed E-state index contributed by atoms with van der Waals surface area (Å²) in [4.78, 5) is -0.149. The van der Waals surface area contributed by atoms with Crippen LogP contribution in [0.4, 0.5) is 13.2 Å². The van der Waals surface area contributed by atoms with Crippen LogP contribution in [0.3, 0.4) is 0 Å². The predicted molar refractivity (Wildman–Crippen MR) is 111 cm³/mol. The fourth-order valence-corrected chi connectivity index (χ4v) is 3.84. The maximum atomic E-state index is 14.0. The van der Waals surface area contributed by atoms with Crippen molar-refractivity contribution in [3.63, 3.8) is 0 Å². The molecule has 0 spiro atoms. The standard InChI is InChI=1S/C22H16F3N3O2S/c23-22(24,25)21-19(15-7-3-1-4-8-15)20(16-9-5-2-6-10-16)28(27-21)17-11-13-18(14-12-17)31(26,29)30/h1-14H,(H2,26,29,30). The van der Waals surface area contributed by atoms with Gasteiger partial charge in [-0.25, -0.2) is 18.2 Å². The van der Waals surface area contributed by atoms with Gasteiger partial charge in [-0.1, -0.05) is 60.7 Å². The Morgan fingerprint density at radius 2 is 1.29 bits per heavy atom. The van der Waals surface area contributed by atoms with E-state index in [1.54, 1.807) is 60.7 Å². The van der Waals surface area contributed by atoms with Crippen LogP contribution in [0, 0.1) is 0 Å². The fraction of sp³-hybridized carbons (Fsp3) is 0.0455. The highest BCUT2D eigenvalue weighted by atomic mass is 32.2. The van der Waals surface area contributed by atoms with Crippen LogP contribution in [-0.4, -0.2) is 18.2 Å². The number of rotatable bonds is 4. The second-order valence-corrected chi connectivity index (χ2v) is 8.31. The van der Waals surface area contributed by atoms with Crippen LogP contribution in [0.25, 0.3) is 28.1 Å². The van der Waals surface area contributed by atoms with Crippen LogP contribution in [-0.2, 0) is 16.2 Å². The summed E-state index contributed by atoms with van der Waals surface area (Å²) < 4.78 is 66.3. The molecular weight excluding hydrogens is 427 g/mol. The van der Waals surface area contributed by atoms with E-state index >= 15 is 0 Å². The first-order valence-corrected chi connectivity index (χ1v) is 10.6. The van der Waals surface area contributed by atoms with Crippen molar-refractivity contribution < 1.29 is 21.6 Å². The van der Waals surface area contributed by atoms with Crippen molar-refractivity contribution in [3.8, 4) is 28.1 Å². The van der Waals surface area contributed by atoms with Crippen molar-refractivity contribution in [1.82, 2.24) is 9.78 Å². The molecule has 9 heteroatoms. The van der Waals surface area contributed by atoms with Gasteiger partial charge >= 0.3 is 6.18 Å². The van der Waals surface area contributed by atoms with Crippen LogP contribution in [0.1, 0.15) is 5.69 Å². The SMILES string of the molecule is NS(=O)(=O)c1ccc(-n2nc(C(F)(F)F)c(-c3ccccc3)c2-c2ccccc2)cc1. The zero-order chi connectivity index (χ0) is 22.2. The monoisotopic (exact) mass is 443 g/mol. The highest BCUT2D eigenvalue weighted by Gasteiger charge is 2.40. The number of alkyl halides is 3. The summed E-state index contributed by atoms with van der Waals surface area (Å²) >= 11 is 0. The smallest absolute Gasteiger partial charge is 0.232 e. The van der Waals surface area contributed by atoms with Crippen molar-refractivity contribution in [2.24, 2.45) is 5.14 Å². The van der Waals surface area contributed by atoms with Gasteiger partial charge in [0.05, 0.1) is 16.3 Å². The summed E-state index contributed by atoms with van der Waals surface area (Å²) in [6, 6.07) is 22.0. The van der Waals surface area contributed by atoms with Crippen LogP contribution in [0.2, 0.25) is 0 Å². The van der Waals surface area contributed by atoms with Gasteiger partial charge < -0.3 is 0 Å². The fourth-order valence-electron chi connectivity index (χ4n) is 3.32. The summed E-state index contributed by atoms with van der Waals surface area (Å²) in [7, 11) is -3.94. The Kier molecular flexibility index (Phi) is 5.16. The van der Waals surface area contributed by atoms with Gasteiger partial charge in [-0.3, -0.25) is 0 Å². The summed E-state index contributed by atoms with van der Waals surface area (Å²) in [5, 5.41) is 9.04. The number of halogens is 3. The van der Waals surface area contributed by atoms with E-state index in [0.29, 0.717) is 11.1 Å². The van der Waals surface area contributed by atoms with E-state index in [-0.39, 0.29) is 21.8 Å². The molecule has 4 rings (SSSR count). The molecule has 4 aromatic rings. The summed E-state index contributed by atoms with van der Waals surface area (Å²) in [5.41, 5.74) is 0.297. The molecule has 1 heterocycles. The highest BCUT2D eigenvalue weighted by Crippen LogP contribution is 2.43. The molecule has 158 valence electrons. The van der Waals surface area contributed by atoms with Gasteiger partial charge in [-0.05, 0) is 29.8 Å². The lowest BCUT2D eigenvalue weighted by molar-refractivity contribution is -0.140. The molecule has 5 nitrogen and oxygen atoms in total. The van der Waals surface area contributed by atoms with E-state index in [1.165, 1.54) is 28.9 Å². The van der Waals surface area contributed by atoms with Gasteiger partial charge in [0.15, 0.2) is 5.69 Å². The maximum absolute atomic E-state index is 14.0. The zero-order valence-electron chi connectivity index (χ0n) is 15.9. The molecule has 0 unspecified atom stereocenters. The molecule has 31 heavy (non-hydrogen) atoms. The Hall–Kier alpha value is -3.43. The second kappa shape index (κ2) is 7.68. The van der Waals surface area contributed by atoms with E-state index in [4.69, 9.17) is 5.14 Å². The minimum Gasteiger partial charge on any atom is -0.232 e. The van der Waals surface area contributed by atoms with Crippen molar-refractivity contribution in [1.29, 1.82) is 0 Å². The molecule has 1 aromatic heterocycles. The molecular formula is C22H16F3N3O2S. The third kappa shape index (κ3) is 4.10. The molecule has 0 radical (unpaired) electrons. The van der Waals surface area contributed by atoms with Gasteiger partial charge in [0.2, 0.25) is 10.0 Å². The minimum atomic E-state index is -4.71. The lowest BCUT2D eigenvalue weighted by Crippen LogP contribution is -2.12. The maximum Gasteiger partial charge on any atom is 0.435 e. The number of nitrogens with two attached hydrogens (primary N) is 1. The van der Waals surface area contributed by atoms with E-state index in [2.05, 4.69) is 5.10 Å². The first-order chi connectivity index (χ1) is 14.7. The van der Waals surface area contributed by atoms with Crippen LogP contribution >= 0.6 is 0 Å². The van der Waals surface area contributed by atoms with E-state index in [9.17, 15) is 21.6 Å². The second-order valence-electron chi connectivity index (χ2n) is 6.75. The highest BCUT2D eigenvalue weighted by molar-refractivity contribution is 7.89. The zero-order valence-corrected chi connectivity index (χ0v) is 16.7. The number of sulfonamides is 1. The summed E-state index contributed by atoms with van der Waals surface area (Å²) in [6.07, 6.45) is -4.71. The average Bonchev–Trinajstić information content (AvgIpc) is 3.16. The molecule has 0 fully saturated rings. The third-order valence-corrected chi connectivity index (χ3v) is 5.60. The molecule has 2 N–H and O–H groups in total. The molecule has 0 saturated heterocycles. The minimum absolute atomic E-state index is 0.0603. The molecule has 0 saturated carbocycles. The molecule has 0 aliphatic rings. The first kappa shape index (κ1) is 20.8. The summed E-state index contributed by atoms with van der Waals surface area (Å²) in [5.74, 6) is 0. The molecule has 0 amide bonds. The van der Waals surface area contributed by atoms with E-state index < -0.39 is 21.9 Å². The number of benzene rings is 3. The number of nitrogens with zero attached hydrogens (tertiary/aromatic N) is 2.